The largest absolute Gasteiger partial charge is 0.375 e. The smallest absolute Gasteiger partial charge is 0.241 e. The number of nitrogens with zero attached hydrogens (tertiary/aromatic N) is 1. The summed E-state index contributed by atoms with van der Waals surface area (Å²) < 4.78 is 0. The van der Waals surface area contributed by atoms with Gasteiger partial charge in [0.05, 0.1) is 17.3 Å². The Bertz CT molecular complexity index is 631. The number of amides is 1. The van der Waals surface area contributed by atoms with Gasteiger partial charge in [-0.1, -0.05) is 35.9 Å². The number of hydrogen-bond donors (Lipinski definition) is 1. The highest BCUT2D eigenvalue weighted by atomic mass is 35.5. The lowest BCUT2D eigenvalue weighted by Crippen LogP contribution is -2.31. The lowest BCUT2D eigenvalue weighted by molar-refractivity contribution is -0.128. The Morgan fingerprint density at radius 1 is 1.18 bits per heavy atom. The van der Waals surface area contributed by atoms with Gasteiger partial charge in [0.2, 0.25) is 5.91 Å². The molecule has 0 aliphatic carbocycles. The van der Waals surface area contributed by atoms with Gasteiger partial charge in [0, 0.05) is 18.5 Å². The van der Waals surface area contributed by atoms with E-state index >= 15 is 0 Å². The Kier molecular flexibility index (Phi) is 6.16. The maximum Gasteiger partial charge on any atom is 0.241 e. The molecule has 0 heterocycles. The fraction of sp³-hybridized carbons (Fsp3) is 0.235. The van der Waals surface area contributed by atoms with Gasteiger partial charge < -0.3 is 10.2 Å². The average Bonchev–Trinajstić information content (AvgIpc) is 2.54. The molecule has 2 rings (SSSR count). The highest BCUT2D eigenvalue weighted by molar-refractivity contribution is 7.98. The number of thioether (sulfide) groups is 1. The van der Waals surface area contributed by atoms with E-state index in [0.717, 1.165) is 11.3 Å². The first kappa shape index (κ1) is 16.7. The lowest BCUT2D eigenvalue weighted by atomic mass is 10.2. The molecule has 0 saturated carbocycles. The van der Waals surface area contributed by atoms with Crippen LogP contribution in [-0.2, 0) is 11.3 Å². The molecule has 0 saturated heterocycles. The molecule has 0 fully saturated rings. The minimum Gasteiger partial charge on any atom is -0.375 e. The van der Waals surface area contributed by atoms with Crippen LogP contribution < -0.4 is 5.32 Å². The van der Waals surface area contributed by atoms with Gasteiger partial charge in [-0.2, -0.15) is 0 Å². The van der Waals surface area contributed by atoms with Gasteiger partial charge in [0.15, 0.2) is 0 Å². The molecule has 0 bridgehead atoms. The number of likely N-dealkylation sites (N-methyl/N-ethyl adjacent to an activating group) is 1. The third kappa shape index (κ3) is 4.68. The number of nitrogens with one attached hydrogen (secondary N) is 1. The van der Waals surface area contributed by atoms with Crippen LogP contribution in [0.3, 0.4) is 0 Å². The number of rotatable bonds is 6. The summed E-state index contributed by atoms with van der Waals surface area (Å²) in [6, 6.07) is 15.6. The number of benzene rings is 2. The van der Waals surface area contributed by atoms with Crippen molar-refractivity contribution in [3.05, 3.63) is 59.1 Å². The zero-order valence-electron chi connectivity index (χ0n) is 12.7. The first-order chi connectivity index (χ1) is 10.6. The number of carbonyl (C=O) groups excluding carboxylic acids is 1. The zero-order valence-corrected chi connectivity index (χ0v) is 14.2. The van der Waals surface area contributed by atoms with Crippen LogP contribution in [0.5, 0.6) is 0 Å². The molecule has 1 N–H and O–H groups in total. The molecule has 0 atom stereocenters. The van der Waals surface area contributed by atoms with Crippen molar-refractivity contribution in [1.82, 2.24) is 4.90 Å². The van der Waals surface area contributed by atoms with E-state index in [2.05, 4.69) is 29.6 Å². The fourth-order valence-corrected chi connectivity index (χ4v) is 2.61. The van der Waals surface area contributed by atoms with Crippen LogP contribution in [-0.4, -0.2) is 30.7 Å². The van der Waals surface area contributed by atoms with Crippen LogP contribution >= 0.6 is 23.4 Å². The number of anilines is 1. The Labute approximate surface area is 140 Å². The lowest BCUT2D eigenvalue weighted by Gasteiger charge is -2.18. The predicted octanol–water partition coefficient (Wildman–Crippen LogP) is 4.13. The summed E-state index contributed by atoms with van der Waals surface area (Å²) in [6.45, 7) is 0.820. The molecule has 0 radical (unpaired) electrons. The molecule has 116 valence electrons. The number of carbonyl (C=O) groups is 1. The second-order valence-electron chi connectivity index (χ2n) is 4.93. The van der Waals surface area contributed by atoms with Crippen molar-refractivity contribution in [1.29, 1.82) is 0 Å². The molecule has 2 aromatic carbocycles. The SMILES string of the molecule is CSc1ccc(CN(C)C(=O)CNc2ccccc2Cl)cc1. The van der Waals surface area contributed by atoms with Crippen molar-refractivity contribution in [2.24, 2.45) is 0 Å². The molecule has 22 heavy (non-hydrogen) atoms. The second-order valence-corrected chi connectivity index (χ2v) is 6.22. The number of hydrogen-bond acceptors (Lipinski definition) is 3. The van der Waals surface area contributed by atoms with Crippen LogP contribution in [0.1, 0.15) is 5.56 Å². The van der Waals surface area contributed by atoms with Crippen molar-refractivity contribution < 1.29 is 4.79 Å². The van der Waals surface area contributed by atoms with Crippen molar-refractivity contribution in [3.8, 4) is 0 Å². The topological polar surface area (TPSA) is 32.3 Å². The summed E-state index contributed by atoms with van der Waals surface area (Å²) in [4.78, 5) is 15.1. The molecule has 5 heteroatoms. The Hall–Kier alpha value is -1.65. The standard InChI is InChI=1S/C17H19ClN2OS/c1-20(12-13-7-9-14(22-2)10-8-13)17(21)11-19-16-6-4-3-5-15(16)18/h3-10,19H,11-12H2,1-2H3. The maximum atomic E-state index is 12.2. The van der Waals surface area contributed by atoms with Gasteiger partial charge >= 0.3 is 0 Å². The third-order valence-electron chi connectivity index (χ3n) is 3.31. The van der Waals surface area contributed by atoms with Crippen LogP contribution in [0.4, 0.5) is 5.69 Å². The summed E-state index contributed by atoms with van der Waals surface area (Å²) >= 11 is 7.76. The fourth-order valence-electron chi connectivity index (χ4n) is 2.00. The first-order valence-electron chi connectivity index (χ1n) is 6.95. The van der Waals surface area contributed by atoms with Gasteiger partial charge in [0.25, 0.3) is 0 Å². The van der Waals surface area contributed by atoms with Crippen LogP contribution in [0, 0.1) is 0 Å². The summed E-state index contributed by atoms with van der Waals surface area (Å²) in [7, 11) is 1.80. The van der Waals surface area contributed by atoms with Crippen LogP contribution in [0.25, 0.3) is 0 Å². The molecule has 0 aliphatic rings. The zero-order chi connectivity index (χ0) is 15.9. The van der Waals surface area contributed by atoms with Gasteiger partial charge in [-0.15, -0.1) is 11.8 Å². The van der Waals surface area contributed by atoms with E-state index in [1.165, 1.54) is 4.90 Å². The highest BCUT2D eigenvalue weighted by Crippen LogP contribution is 2.20. The van der Waals surface area contributed by atoms with Gasteiger partial charge in [-0.05, 0) is 36.1 Å². The monoisotopic (exact) mass is 334 g/mol. The number of para-hydroxylation sites is 1. The van der Waals surface area contributed by atoms with Crippen molar-refractivity contribution in [2.45, 2.75) is 11.4 Å². The Morgan fingerprint density at radius 2 is 1.86 bits per heavy atom. The van der Waals surface area contributed by atoms with E-state index in [1.807, 2.05) is 24.5 Å². The Morgan fingerprint density at radius 3 is 2.50 bits per heavy atom. The quantitative estimate of drug-likeness (QED) is 0.806. The molecule has 2 aromatic rings. The third-order valence-corrected chi connectivity index (χ3v) is 4.38. The summed E-state index contributed by atoms with van der Waals surface area (Å²) in [6.07, 6.45) is 2.05. The van der Waals surface area contributed by atoms with Crippen LogP contribution in [0.15, 0.2) is 53.4 Å². The van der Waals surface area contributed by atoms with Gasteiger partial charge in [0.1, 0.15) is 0 Å². The van der Waals surface area contributed by atoms with Crippen molar-refractivity contribution in [2.75, 3.05) is 25.2 Å². The van der Waals surface area contributed by atoms with E-state index in [0.29, 0.717) is 11.6 Å². The van der Waals surface area contributed by atoms with Crippen molar-refractivity contribution >= 4 is 35.0 Å². The van der Waals surface area contributed by atoms with Crippen LogP contribution in [0.2, 0.25) is 5.02 Å². The van der Waals surface area contributed by atoms with E-state index in [-0.39, 0.29) is 12.5 Å². The molecule has 0 aromatic heterocycles. The molecular formula is C17H19ClN2OS. The first-order valence-corrected chi connectivity index (χ1v) is 8.55. The molecule has 0 spiro atoms. The summed E-state index contributed by atoms with van der Waals surface area (Å²) in [5, 5.41) is 3.69. The molecule has 3 nitrogen and oxygen atoms in total. The minimum absolute atomic E-state index is 0.0221. The van der Waals surface area contributed by atoms with E-state index in [1.54, 1.807) is 29.8 Å². The highest BCUT2D eigenvalue weighted by Gasteiger charge is 2.10. The molecule has 0 aliphatic heterocycles. The summed E-state index contributed by atoms with van der Waals surface area (Å²) in [5.74, 6) is 0.0221. The minimum atomic E-state index is 0.0221. The van der Waals surface area contributed by atoms with E-state index in [4.69, 9.17) is 11.6 Å². The van der Waals surface area contributed by atoms with Gasteiger partial charge in [-0.3, -0.25) is 4.79 Å². The number of halogens is 1. The predicted molar refractivity (Wildman–Crippen MR) is 94.6 cm³/mol. The van der Waals surface area contributed by atoms with E-state index < -0.39 is 0 Å². The van der Waals surface area contributed by atoms with E-state index in [9.17, 15) is 4.79 Å². The normalized spacial score (nSPS) is 10.3. The molecular weight excluding hydrogens is 316 g/mol. The van der Waals surface area contributed by atoms with Gasteiger partial charge in [-0.25, -0.2) is 0 Å². The molecule has 1 amide bonds. The average molecular weight is 335 g/mol. The maximum absolute atomic E-state index is 12.2. The Balaban J connectivity index is 1.87. The summed E-state index contributed by atoms with van der Waals surface area (Å²) in [5.41, 5.74) is 1.89. The molecule has 0 unspecified atom stereocenters. The van der Waals surface area contributed by atoms with Crippen molar-refractivity contribution in [3.63, 3.8) is 0 Å². The second kappa shape index (κ2) is 8.11.